The molecule has 0 aliphatic heterocycles. The Balaban J connectivity index is 2.16. The molecule has 0 spiro atoms. The molecule has 0 saturated heterocycles. The van der Waals surface area contributed by atoms with Crippen molar-refractivity contribution in [1.82, 2.24) is 35.3 Å². The first-order valence-electron chi connectivity index (χ1n) is 5.44. The summed E-state index contributed by atoms with van der Waals surface area (Å²) in [6.07, 6.45) is 3.20. The molecule has 0 unspecified atom stereocenters. The van der Waals surface area contributed by atoms with Crippen LogP contribution in [-0.4, -0.2) is 42.9 Å². The number of fused-ring (bicyclic) bond motifs is 1. The molecule has 0 bridgehead atoms. The van der Waals surface area contributed by atoms with Crippen LogP contribution in [0.1, 0.15) is 10.5 Å². The van der Waals surface area contributed by atoms with Crippen LogP contribution in [-0.2, 0) is 0 Å². The molecule has 9 nitrogen and oxygen atoms in total. The van der Waals surface area contributed by atoms with Gasteiger partial charge in [0.1, 0.15) is 0 Å². The van der Waals surface area contributed by atoms with E-state index < -0.39 is 0 Å². The number of hydrogen-bond acceptors (Lipinski definition) is 6. The van der Waals surface area contributed by atoms with E-state index in [0.29, 0.717) is 16.9 Å². The smallest absolute Gasteiger partial charge is 0.271 e. The Morgan fingerprint density at radius 3 is 3.11 bits per heavy atom. The molecule has 3 heterocycles. The molecule has 0 fully saturated rings. The minimum atomic E-state index is -0.274. The number of rotatable bonds is 2. The summed E-state index contributed by atoms with van der Waals surface area (Å²) in [4.78, 5) is 19.6. The number of carbonyl (C=O) groups is 1. The number of aromatic amines is 1. The highest BCUT2D eigenvalue weighted by Gasteiger charge is 2.13. The normalized spacial score (nSPS) is 10.8. The Morgan fingerprint density at radius 1 is 1.47 bits per heavy atom. The standard InChI is InChI=1S/C10H10N8O/c1-12-9(19)6-2-3-18(17-6)8-5-4-13-16-7(5)14-10(11)15-8/h2-4H,1H3,(H,12,19)(H3,11,13,14,15,16). The van der Waals surface area contributed by atoms with Gasteiger partial charge in [-0.05, 0) is 6.07 Å². The van der Waals surface area contributed by atoms with Crippen LogP contribution in [0.25, 0.3) is 16.9 Å². The Bertz CT molecular complexity index is 758. The van der Waals surface area contributed by atoms with Crippen LogP contribution in [0.2, 0.25) is 0 Å². The van der Waals surface area contributed by atoms with Gasteiger partial charge in [0.25, 0.3) is 5.91 Å². The Hall–Kier alpha value is -2.97. The molecular weight excluding hydrogens is 248 g/mol. The second-order valence-electron chi connectivity index (χ2n) is 3.76. The van der Waals surface area contributed by atoms with Gasteiger partial charge >= 0.3 is 0 Å². The van der Waals surface area contributed by atoms with Crippen molar-refractivity contribution in [3.63, 3.8) is 0 Å². The van der Waals surface area contributed by atoms with E-state index in [4.69, 9.17) is 5.73 Å². The van der Waals surface area contributed by atoms with Gasteiger partial charge in [-0.1, -0.05) is 0 Å². The van der Waals surface area contributed by atoms with E-state index in [-0.39, 0.29) is 17.5 Å². The highest BCUT2D eigenvalue weighted by molar-refractivity contribution is 5.92. The molecule has 1 amide bonds. The molecule has 0 atom stereocenters. The van der Waals surface area contributed by atoms with E-state index in [9.17, 15) is 4.79 Å². The molecule has 0 aromatic carbocycles. The lowest BCUT2D eigenvalue weighted by Gasteiger charge is -2.02. The molecule has 0 saturated carbocycles. The second kappa shape index (κ2) is 4.05. The number of hydrogen-bond donors (Lipinski definition) is 3. The summed E-state index contributed by atoms with van der Waals surface area (Å²) in [7, 11) is 1.54. The number of anilines is 1. The summed E-state index contributed by atoms with van der Waals surface area (Å²) in [5.74, 6) is 0.291. The van der Waals surface area contributed by atoms with Crippen LogP contribution >= 0.6 is 0 Å². The number of nitrogens with one attached hydrogen (secondary N) is 2. The number of nitrogens with two attached hydrogens (primary N) is 1. The zero-order valence-electron chi connectivity index (χ0n) is 9.95. The zero-order valence-corrected chi connectivity index (χ0v) is 9.95. The number of nitrogen functional groups attached to an aromatic ring is 1. The molecule has 4 N–H and O–H groups in total. The van der Waals surface area contributed by atoms with E-state index in [1.54, 1.807) is 18.5 Å². The Labute approximate surface area is 106 Å². The van der Waals surface area contributed by atoms with Gasteiger partial charge in [0.05, 0.1) is 11.6 Å². The van der Waals surface area contributed by atoms with Crippen molar-refractivity contribution in [2.75, 3.05) is 12.8 Å². The summed E-state index contributed by atoms with van der Waals surface area (Å²) in [6, 6.07) is 1.59. The van der Waals surface area contributed by atoms with Gasteiger partial charge in [-0.15, -0.1) is 0 Å². The number of aromatic nitrogens is 6. The largest absolute Gasteiger partial charge is 0.368 e. The third-order valence-corrected chi connectivity index (χ3v) is 2.57. The minimum absolute atomic E-state index is 0.101. The van der Waals surface area contributed by atoms with Crippen molar-refractivity contribution in [2.24, 2.45) is 0 Å². The van der Waals surface area contributed by atoms with E-state index in [0.717, 1.165) is 0 Å². The number of nitrogens with zero attached hydrogens (tertiary/aromatic N) is 5. The van der Waals surface area contributed by atoms with E-state index in [2.05, 4.69) is 30.6 Å². The predicted octanol–water partition coefficient (Wildman–Crippen LogP) is -0.520. The van der Waals surface area contributed by atoms with Crippen LogP contribution in [0.15, 0.2) is 18.5 Å². The molecule has 0 aliphatic rings. The Kier molecular flexibility index (Phi) is 2.37. The highest BCUT2D eigenvalue weighted by Crippen LogP contribution is 2.17. The van der Waals surface area contributed by atoms with Gasteiger partial charge in [0.15, 0.2) is 17.2 Å². The lowest BCUT2D eigenvalue weighted by molar-refractivity contribution is 0.0957. The van der Waals surface area contributed by atoms with Crippen molar-refractivity contribution < 1.29 is 4.79 Å². The van der Waals surface area contributed by atoms with Crippen molar-refractivity contribution in [1.29, 1.82) is 0 Å². The molecule has 19 heavy (non-hydrogen) atoms. The summed E-state index contributed by atoms with van der Waals surface area (Å²) in [5.41, 5.74) is 6.43. The summed E-state index contributed by atoms with van der Waals surface area (Å²) < 4.78 is 1.46. The molecule has 3 aromatic rings. The van der Waals surface area contributed by atoms with Gasteiger partial charge in [-0.3, -0.25) is 9.89 Å². The maximum Gasteiger partial charge on any atom is 0.271 e. The lowest BCUT2D eigenvalue weighted by atomic mass is 10.4. The molecule has 3 aromatic heterocycles. The quantitative estimate of drug-likeness (QED) is 0.567. The minimum Gasteiger partial charge on any atom is -0.368 e. The first-order valence-corrected chi connectivity index (χ1v) is 5.44. The van der Waals surface area contributed by atoms with Gasteiger partial charge in [-0.2, -0.15) is 20.2 Å². The van der Waals surface area contributed by atoms with Gasteiger partial charge in [0.2, 0.25) is 5.95 Å². The zero-order chi connectivity index (χ0) is 13.4. The fourth-order valence-corrected chi connectivity index (χ4v) is 1.70. The van der Waals surface area contributed by atoms with Gasteiger partial charge in [-0.25, -0.2) is 4.68 Å². The average molecular weight is 258 g/mol. The maximum absolute atomic E-state index is 11.5. The molecule has 9 heteroatoms. The molecular formula is C10H10N8O. The molecule has 96 valence electrons. The fraction of sp³-hybridized carbons (Fsp3) is 0.100. The van der Waals surface area contributed by atoms with Crippen molar-refractivity contribution in [3.8, 4) is 5.82 Å². The van der Waals surface area contributed by atoms with Crippen molar-refractivity contribution in [2.45, 2.75) is 0 Å². The third kappa shape index (κ3) is 1.76. The highest BCUT2D eigenvalue weighted by atomic mass is 16.1. The second-order valence-corrected chi connectivity index (χ2v) is 3.76. The molecule has 0 radical (unpaired) electrons. The van der Waals surface area contributed by atoms with Crippen molar-refractivity contribution >= 4 is 22.9 Å². The van der Waals surface area contributed by atoms with Crippen LogP contribution < -0.4 is 11.1 Å². The summed E-state index contributed by atoms with van der Waals surface area (Å²) in [5, 5.41) is 13.9. The predicted molar refractivity (Wildman–Crippen MR) is 66.6 cm³/mol. The Morgan fingerprint density at radius 2 is 2.32 bits per heavy atom. The van der Waals surface area contributed by atoms with Gasteiger partial charge in [0, 0.05) is 13.2 Å². The summed E-state index contributed by atoms with van der Waals surface area (Å²) in [6.45, 7) is 0. The third-order valence-electron chi connectivity index (χ3n) is 2.57. The number of amides is 1. The SMILES string of the molecule is CNC(=O)c1ccn(-c2nc(N)nc3[nH]ncc23)n1. The van der Waals surface area contributed by atoms with Crippen LogP contribution in [0, 0.1) is 0 Å². The average Bonchev–Trinajstić information content (AvgIpc) is 3.05. The van der Waals surface area contributed by atoms with Crippen molar-refractivity contribution in [3.05, 3.63) is 24.2 Å². The van der Waals surface area contributed by atoms with Crippen LogP contribution in [0.3, 0.4) is 0 Å². The number of carbonyl (C=O) groups excluding carboxylic acids is 1. The van der Waals surface area contributed by atoms with Gasteiger partial charge < -0.3 is 11.1 Å². The number of H-pyrrole nitrogens is 1. The van der Waals surface area contributed by atoms with Crippen LogP contribution in [0.5, 0.6) is 0 Å². The first kappa shape index (κ1) is 11.1. The topological polar surface area (TPSA) is 127 Å². The molecule has 0 aliphatic carbocycles. The van der Waals surface area contributed by atoms with E-state index >= 15 is 0 Å². The maximum atomic E-state index is 11.5. The summed E-state index contributed by atoms with van der Waals surface area (Å²) >= 11 is 0. The monoisotopic (exact) mass is 258 g/mol. The molecule has 3 rings (SSSR count). The van der Waals surface area contributed by atoms with Crippen LogP contribution in [0.4, 0.5) is 5.95 Å². The first-order chi connectivity index (χ1) is 9.19. The lowest BCUT2D eigenvalue weighted by Crippen LogP contribution is -2.18. The fourth-order valence-electron chi connectivity index (χ4n) is 1.70. The van der Waals surface area contributed by atoms with E-state index in [1.165, 1.54) is 11.7 Å². The van der Waals surface area contributed by atoms with E-state index in [1.807, 2.05) is 0 Å².